The maximum Gasteiger partial charge on any atom is -0.0303 e. The molecular weight excluding hydrogens is 96.1 g/mol. The predicted octanol–water partition coefficient (Wildman–Crippen LogP) is 3.04. The molecule has 0 heteroatoms. The maximum absolute atomic E-state index is 2.30. The molecule has 0 N–H and O–H groups in total. The van der Waals surface area contributed by atoms with E-state index >= 15 is 0 Å². The molecule has 0 rings (SSSR count). The summed E-state index contributed by atoms with van der Waals surface area (Å²) in [6.07, 6.45) is 4.83. The Kier molecular flexibility index (Phi) is 3.11. The summed E-state index contributed by atoms with van der Waals surface area (Å²) in [5, 5.41) is 0. The Bertz CT molecular complexity index is 42.8. The van der Waals surface area contributed by atoms with Crippen LogP contribution in [-0.4, -0.2) is 0 Å². The molecule has 0 aliphatic heterocycles. The molecule has 0 heterocycles. The van der Waals surface area contributed by atoms with E-state index in [2.05, 4.69) is 34.1 Å². The average molecular weight is 113 g/mol. The molecule has 0 spiro atoms. The van der Waals surface area contributed by atoms with E-state index in [-0.39, 0.29) is 0 Å². The zero-order chi connectivity index (χ0) is 6.62. The molecule has 0 saturated carbocycles. The lowest BCUT2D eigenvalue weighted by Crippen LogP contribution is -2.11. The third-order valence-corrected chi connectivity index (χ3v) is 2.31. The Balaban J connectivity index is 3.58. The van der Waals surface area contributed by atoms with Gasteiger partial charge in [-0.1, -0.05) is 40.5 Å². The van der Waals surface area contributed by atoms with E-state index in [1.807, 2.05) is 0 Å². The molecule has 8 heavy (non-hydrogen) atoms. The van der Waals surface area contributed by atoms with Gasteiger partial charge in [0.15, 0.2) is 0 Å². The highest BCUT2D eigenvalue weighted by Gasteiger charge is 2.15. The van der Waals surface area contributed by atoms with Gasteiger partial charge in [0, 0.05) is 0 Å². The molecular formula is C8H17. The van der Waals surface area contributed by atoms with Crippen molar-refractivity contribution in [2.24, 2.45) is 5.41 Å². The fourth-order valence-corrected chi connectivity index (χ4v) is 0.658. The summed E-state index contributed by atoms with van der Waals surface area (Å²) in [5.74, 6) is 0. The lowest BCUT2D eigenvalue weighted by atomic mass is 9.82. The fraction of sp³-hybridized carbons (Fsp3) is 0.875. The first-order valence-corrected chi connectivity index (χ1v) is 3.49. The third kappa shape index (κ3) is 1.85. The Morgan fingerprint density at radius 3 is 1.62 bits per heavy atom. The Labute approximate surface area is 53.3 Å². The van der Waals surface area contributed by atoms with Gasteiger partial charge in [0.2, 0.25) is 0 Å². The van der Waals surface area contributed by atoms with Crippen molar-refractivity contribution in [2.75, 3.05) is 0 Å². The lowest BCUT2D eigenvalue weighted by Gasteiger charge is -2.23. The first-order valence-electron chi connectivity index (χ1n) is 3.49. The van der Waals surface area contributed by atoms with E-state index in [4.69, 9.17) is 0 Å². The topological polar surface area (TPSA) is 0 Å². The first kappa shape index (κ1) is 8.00. The van der Waals surface area contributed by atoms with Crippen LogP contribution in [0.2, 0.25) is 0 Å². The second kappa shape index (κ2) is 3.11. The van der Waals surface area contributed by atoms with Gasteiger partial charge in [-0.3, -0.25) is 0 Å². The summed E-state index contributed by atoms with van der Waals surface area (Å²) in [7, 11) is 0. The molecule has 0 aliphatic carbocycles. The van der Waals surface area contributed by atoms with Gasteiger partial charge in [0.05, 0.1) is 0 Å². The third-order valence-electron chi connectivity index (χ3n) is 2.31. The number of hydrogen-bond donors (Lipinski definition) is 0. The monoisotopic (exact) mass is 113 g/mol. The van der Waals surface area contributed by atoms with Gasteiger partial charge >= 0.3 is 0 Å². The standard InChI is InChI=1S/C8H17/c1-5-8(4,6-2)7-3/h5H,6-7H2,1-4H3. The first-order chi connectivity index (χ1) is 3.68. The maximum atomic E-state index is 2.30. The van der Waals surface area contributed by atoms with Crippen molar-refractivity contribution in [1.82, 2.24) is 0 Å². The average Bonchev–Trinajstić information content (AvgIpc) is 1.87. The van der Waals surface area contributed by atoms with Crippen LogP contribution in [0.15, 0.2) is 0 Å². The molecule has 0 aliphatic rings. The summed E-state index contributed by atoms with van der Waals surface area (Å²) in [6.45, 7) is 8.92. The summed E-state index contributed by atoms with van der Waals surface area (Å²) in [5.41, 5.74) is 0.500. The van der Waals surface area contributed by atoms with Crippen molar-refractivity contribution in [3.05, 3.63) is 6.42 Å². The van der Waals surface area contributed by atoms with E-state index in [1.165, 1.54) is 12.8 Å². The van der Waals surface area contributed by atoms with Crippen molar-refractivity contribution in [2.45, 2.75) is 40.5 Å². The molecule has 0 saturated heterocycles. The summed E-state index contributed by atoms with van der Waals surface area (Å²) >= 11 is 0. The van der Waals surface area contributed by atoms with Gasteiger partial charge < -0.3 is 0 Å². The highest BCUT2D eigenvalue weighted by atomic mass is 14.2. The van der Waals surface area contributed by atoms with E-state index in [9.17, 15) is 0 Å². The molecule has 49 valence electrons. The van der Waals surface area contributed by atoms with Crippen molar-refractivity contribution in [1.29, 1.82) is 0 Å². The van der Waals surface area contributed by atoms with E-state index in [1.54, 1.807) is 0 Å². The molecule has 0 atom stereocenters. The quantitative estimate of drug-likeness (QED) is 0.527. The van der Waals surface area contributed by atoms with Crippen LogP contribution in [0.25, 0.3) is 0 Å². The highest BCUT2D eigenvalue weighted by Crippen LogP contribution is 2.27. The fourth-order valence-electron chi connectivity index (χ4n) is 0.658. The van der Waals surface area contributed by atoms with Crippen molar-refractivity contribution in [3.63, 3.8) is 0 Å². The minimum absolute atomic E-state index is 0.500. The van der Waals surface area contributed by atoms with E-state index in [0.717, 1.165) is 0 Å². The molecule has 0 fully saturated rings. The predicted molar refractivity (Wildman–Crippen MR) is 38.7 cm³/mol. The van der Waals surface area contributed by atoms with Crippen molar-refractivity contribution in [3.8, 4) is 0 Å². The smallest absolute Gasteiger partial charge is 0.0303 e. The summed E-state index contributed by atoms with van der Waals surface area (Å²) in [6, 6.07) is 0. The molecule has 0 aromatic rings. The molecule has 0 aromatic heterocycles. The second-order valence-electron chi connectivity index (χ2n) is 2.65. The van der Waals surface area contributed by atoms with Crippen LogP contribution in [0.1, 0.15) is 40.5 Å². The molecule has 0 aromatic carbocycles. The van der Waals surface area contributed by atoms with Crippen LogP contribution in [0.3, 0.4) is 0 Å². The molecule has 0 amide bonds. The van der Waals surface area contributed by atoms with Crippen LogP contribution in [0, 0.1) is 11.8 Å². The number of hydrogen-bond acceptors (Lipinski definition) is 0. The zero-order valence-electron chi connectivity index (χ0n) is 6.49. The summed E-state index contributed by atoms with van der Waals surface area (Å²) < 4.78 is 0. The lowest BCUT2D eigenvalue weighted by molar-refractivity contribution is 0.361. The van der Waals surface area contributed by atoms with Crippen LogP contribution >= 0.6 is 0 Å². The Morgan fingerprint density at radius 2 is 1.62 bits per heavy atom. The second-order valence-corrected chi connectivity index (χ2v) is 2.65. The number of rotatable bonds is 3. The highest BCUT2D eigenvalue weighted by molar-refractivity contribution is 4.82. The zero-order valence-corrected chi connectivity index (χ0v) is 6.49. The Morgan fingerprint density at radius 1 is 1.25 bits per heavy atom. The van der Waals surface area contributed by atoms with Gasteiger partial charge in [0.25, 0.3) is 0 Å². The summed E-state index contributed by atoms with van der Waals surface area (Å²) in [4.78, 5) is 0. The van der Waals surface area contributed by atoms with Gasteiger partial charge in [0.1, 0.15) is 0 Å². The van der Waals surface area contributed by atoms with Crippen LogP contribution < -0.4 is 0 Å². The van der Waals surface area contributed by atoms with Crippen LogP contribution in [-0.2, 0) is 0 Å². The Hall–Kier alpha value is 0. The van der Waals surface area contributed by atoms with E-state index < -0.39 is 0 Å². The van der Waals surface area contributed by atoms with Gasteiger partial charge in [-0.2, -0.15) is 0 Å². The van der Waals surface area contributed by atoms with Crippen molar-refractivity contribution < 1.29 is 0 Å². The molecule has 1 radical (unpaired) electrons. The molecule has 0 unspecified atom stereocenters. The minimum atomic E-state index is 0.500. The molecule has 0 bridgehead atoms. The largest absolute Gasteiger partial charge is 0.0649 e. The SMILES string of the molecule is C[CH]C(C)(CC)CC. The van der Waals surface area contributed by atoms with Gasteiger partial charge in [-0.25, -0.2) is 0 Å². The van der Waals surface area contributed by atoms with Crippen LogP contribution in [0.4, 0.5) is 0 Å². The van der Waals surface area contributed by atoms with Gasteiger partial charge in [-0.05, 0) is 11.8 Å². The molecule has 0 nitrogen and oxygen atoms in total. The van der Waals surface area contributed by atoms with Crippen LogP contribution in [0.5, 0.6) is 0 Å². The normalized spacial score (nSPS) is 12.0. The van der Waals surface area contributed by atoms with Crippen molar-refractivity contribution >= 4 is 0 Å². The minimum Gasteiger partial charge on any atom is -0.0649 e. The van der Waals surface area contributed by atoms with Gasteiger partial charge in [-0.15, -0.1) is 0 Å². The van der Waals surface area contributed by atoms with E-state index in [0.29, 0.717) is 5.41 Å².